The molecule has 0 fully saturated rings. The predicted molar refractivity (Wildman–Crippen MR) is 75.6 cm³/mol. The first-order valence-electron chi connectivity index (χ1n) is 8.26. The van der Waals surface area contributed by atoms with E-state index in [2.05, 4.69) is 9.47 Å². The fourth-order valence-corrected chi connectivity index (χ4v) is 1.79. The number of ether oxygens (including phenoxy) is 2. The Kier molecular flexibility index (Phi) is 9.79. The number of nitrogens with one attached hydrogen (secondary N) is 2. The van der Waals surface area contributed by atoms with Gasteiger partial charge in [-0.2, -0.15) is 79.0 Å². The first kappa shape index (κ1) is 34.3. The summed E-state index contributed by atoms with van der Waals surface area (Å²) in [6, 6.07) is 0. The van der Waals surface area contributed by atoms with Crippen molar-refractivity contribution in [1.29, 1.82) is 0 Å². The first-order chi connectivity index (χ1) is 16.0. The average molecular weight is 598 g/mol. The van der Waals surface area contributed by atoms with Crippen LogP contribution in [0.1, 0.15) is 0 Å². The highest BCUT2D eigenvalue weighted by Crippen LogP contribution is 2.45. The number of rotatable bonds is 8. The van der Waals surface area contributed by atoms with Crippen molar-refractivity contribution in [3.05, 3.63) is 0 Å². The van der Waals surface area contributed by atoms with Crippen LogP contribution in [0.5, 0.6) is 0 Å². The third-order valence-electron chi connectivity index (χ3n) is 3.47. The molecule has 6 nitrogen and oxygen atoms in total. The van der Waals surface area contributed by atoms with Gasteiger partial charge in [0.2, 0.25) is 0 Å². The SMILES string of the molecule is O=C(NCC(F)(F)C(F)(F)C(F)(F)CNC(=O)OC(C(F)(F)F)C(F)(F)F)OC(C(F)(F)F)C(F)(F)F. The number of hydrogen-bond acceptors (Lipinski definition) is 4. The molecule has 2 amide bonds. The molecule has 0 saturated heterocycles. The summed E-state index contributed by atoms with van der Waals surface area (Å²) in [7, 11) is 0. The summed E-state index contributed by atoms with van der Waals surface area (Å²) in [6.07, 6.45) is -41.7. The van der Waals surface area contributed by atoms with Gasteiger partial charge in [-0.1, -0.05) is 0 Å². The van der Waals surface area contributed by atoms with E-state index in [0.717, 1.165) is 0 Å². The topological polar surface area (TPSA) is 76.7 Å². The van der Waals surface area contributed by atoms with E-state index in [0.29, 0.717) is 0 Å². The molecular weight excluding hydrogens is 590 g/mol. The number of halogens is 18. The van der Waals surface area contributed by atoms with Gasteiger partial charge in [-0.3, -0.25) is 0 Å². The Bertz CT molecular complexity index is 707. The van der Waals surface area contributed by atoms with Gasteiger partial charge in [0.25, 0.3) is 12.2 Å². The van der Waals surface area contributed by atoms with E-state index in [4.69, 9.17) is 0 Å². The van der Waals surface area contributed by atoms with Crippen LogP contribution in [0.25, 0.3) is 0 Å². The molecular formula is C13H8F18N2O4. The van der Waals surface area contributed by atoms with Gasteiger partial charge in [-0.15, -0.1) is 0 Å². The fraction of sp³-hybridized carbons (Fsp3) is 0.846. The average Bonchev–Trinajstić information content (AvgIpc) is 2.63. The van der Waals surface area contributed by atoms with Gasteiger partial charge in [0.15, 0.2) is 0 Å². The Hall–Kier alpha value is -2.72. The molecule has 0 atom stereocenters. The minimum absolute atomic E-state index is 0.213. The lowest BCUT2D eigenvalue weighted by molar-refractivity contribution is -0.310. The second-order valence-electron chi connectivity index (χ2n) is 6.43. The maximum atomic E-state index is 13.6. The van der Waals surface area contributed by atoms with Crippen LogP contribution in [0.15, 0.2) is 0 Å². The molecule has 2 N–H and O–H groups in total. The summed E-state index contributed by atoms with van der Waals surface area (Å²) >= 11 is 0. The second kappa shape index (κ2) is 10.6. The van der Waals surface area contributed by atoms with Crippen LogP contribution in [0.2, 0.25) is 0 Å². The van der Waals surface area contributed by atoms with Crippen molar-refractivity contribution < 1.29 is 98.1 Å². The molecule has 0 spiro atoms. The predicted octanol–water partition coefficient (Wildman–Crippen LogP) is 5.33. The van der Waals surface area contributed by atoms with Crippen LogP contribution in [0, 0.1) is 0 Å². The number of hydrogen-bond donors (Lipinski definition) is 2. The normalized spacial score (nSPS) is 14.6. The lowest BCUT2D eigenvalue weighted by atomic mass is 10.0. The van der Waals surface area contributed by atoms with Crippen molar-refractivity contribution in [3.8, 4) is 0 Å². The lowest BCUT2D eigenvalue weighted by Crippen LogP contribution is -2.62. The van der Waals surface area contributed by atoms with Gasteiger partial charge in [-0.25, -0.2) is 9.59 Å². The molecule has 0 aromatic heterocycles. The van der Waals surface area contributed by atoms with Gasteiger partial charge in [0, 0.05) is 0 Å². The Morgan fingerprint density at radius 2 is 0.703 bits per heavy atom. The van der Waals surface area contributed by atoms with Crippen LogP contribution in [0.3, 0.4) is 0 Å². The van der Waals surface area contributed by atoms with Gasteiger partial charge in [0.1, 0.15) is 0 Å². The summed E-state index contributed by atoms with van der Waals surface area (Å²) in [4.78, 5) is 21.8. The number of alkyl carbamates (subject to hydrolysis) is 2. The van der Waals surface area contributed by atoms with Crippen molar-refractivity contribution in [1.82, 2.24) is 10.6 Å². The highest BCUT2D eigenvalue weighted by atomic mass is 19.4. The lowest BCUT2D eigenvalue weighted by Gasteiger charge is -2.33. The molecule has 0 aromatic rings. The summed E-state index contributed by atoms with van der Waals surface area (Å²) < 4.78 is 233. The standard InChI is InChI=1S/C13H8F18N2O4/c14-7(15,1-32-5(34)36-3(9(18,19)20)10(21,22)23)13(30,31)8(16,17)2-33-6(35)37-4(11(24,25)26)12(27,28)29/h3-4H,1-2H2,(H,32,34)(H,33,35). The second-order valence-corrected chi connectivity index (χ2v) is 6.43. The van der Waals surface area contributed by atoms with E-state index in [1.807, 2.05) is 0 Å². The third kappa shape index (κ3) is 9.27. The third-order valence-corrected chi connectivity index (χ3v) is 3.47. The number of amides is 2. The molecule has 0 unspecified atom stereocenters. The molecule has 0 aliphatic rings. The van der Waals surface area contributed by atoms with E-state index in [1.165, 1.54) is 0 Å². The van der Waals surface area contributed by atoms with Crippen LogP contribution in [-0.2, 0) is 9.47 Å². The highest BCUT2D eigenvalue weighted by Gasteiger charge is 2.71. The molecule has 0 heterocycles. The molecule has 0 rings (SSSR count). The van der Waals surface area contributed by atoms with Crippen molar-refractivity contribution in [2.24, 2.45) is 0 Å². The fourth-order valence-electron chi connectivity index (χ4n) is 1.79. The maximum Gasteiger partial charge on any atom is 0.434 e. The van der Waals surface area contributed by atoms with E-state index >= 15 is 0 Å². The molecule has 37 heavy (non-hydrogen) atoms. The van der Waals surface area contributed by atoms with Crippen molar-refractivity contribution >= 4 is 12.2 Å². The Morgan fingerprint density at radius 3 is 0.892 bits per heavy atom. The molecule has 0 radical (unpaired) electrons. The van der Waals surface area contributed by atoms with Crippen molar-refractivity contribution in [2.75, 3.05) is 13.1 Å². The van der Waals surface area contributed by atoms with Gasteiger partial charge in [0.05, 0.1) is 13.1 Å². The van der Waals surface area contributed by atoms with Crippen LogP contribution in [-0.4, -0.2) is 80.0 Å². The highest BCUT2D eigenvalue weighted by molar-refractivity contribution is 5.68. The molecule has 0 saturated carbocycles. The van der Waals surface area contributed by atoms with Crippen molar-refractivity contribution in [2.45, 2.75) is 54.7 Å². The van der Waals surface area contributed by atoms with E-state index in [-0.39, 0.29) is 10.6 Å². The molecule has 24 heteroatoms. The molecule has 0 bridgehead atoms. The van der Waals surface area contributed by atoms with Crippen LogP contribution >= 0.6 is 0 Å². The summed E-state index contributed by atoms with van der Waals surface area (Å²) in [6.45, 7) is -6.29. The maximum absolute atomic E-state index is 13.6. The van der Waals surface area contributed by atoms with Gasteiger partial charge < -0.3 is 20.1 Å². The summed E-state index contributed by atoms with van der Waals surface area (Å²) in [5, 5.41) is 0.427. The van der Waals surface area contributed by atoms with E-state index < -0.39 is 80.0 Å². The first-order valence-corrected chi connectivity index (χ1v) is 8.26. The zero-order chi connectivity index (χ0) is 30.1. The zero-order valence-electron chi connectivity index (χ0n) is 16.5. The molecule has 220 valence electrons. The minimum Gasteiger partial charge on any atom is -0.427 e. The van der Waals surface area contributed by atoms with Crippen LogP contribution in [0.4, 0.5) is 88.6 Å². The summed E-state index contributed by atoms with van der Waals surface area (Å²) in [5.41, 5.74) is 0. The van der Waals surface area contributed by atoms with E-state index in [9.17, 15) is 88.6 Å². The van der Waals surface area contributed by atoms with E-state index in [1.54, 1.807) is 0 Å². The molecule has 0 aromatic carbocycles. The molecule has 0 aliphatic heterocycles. The largest absolute Gasteiger partial charge is 0.434 e. The zero-order valence-corrected chi connectivity index (χ0v) is 16.5. The summed E-state index contributed by atoms with van der Waals surface area (Å²) in [5.74, 6) is -19.4. The van der Waals surface area contributed by atoms with Crippen LogP contribution < -0.4 is 10.6 Å². The number of alkyl halides is 18. The number of carbonyl (C=O) groups is 2. The Balaban J connectivity index is 5.39. The smallest absolute Gasteiger partial charge is 0.427 e. The monoisotopic (exact) mass is 598 g/mol. The quantitative estimate of drug-likeness (QED) is 0.371. The van der Waals surface area contributed by atoms with Gasteiger partial charge in [-0.05, 0) is 0 Å². The minimum atomic E-state index is -6.82. The van der Waals surface area contributed by atoms with Gasteiger partial charge >= 0.3 is 54.7 Å². The number of carbonyl (C=O) groups excluding carboxylic acids is 2. The molecule has 0 aliphatic carbocycles. The Morgan fingerprint density at radius 1 is 0.486 bits per heavy atom. The Labute approximate surface area is 190 Å². The van der Waals surface area contributed by atoms with Crippen molar-refractivity contribution in [3.63, 3.8) is 0 Å².